The molecule has 0 radical (unpaired) electrons. The second kappa shape index (κ2) is 8.28. The third-order valence-corrected chi connectivity index (χ3v) is 4.09. The Balaban J connectivity index is 1.42. The Kier molecular flexibility index (Phi) is 5.62. The minimum absolute atomic E-state index is 0.117. The lowest BCUT2D eigenvalue weighted by Crippen LogP contribution is -2.52. The summed E-state index contributed by atoms with van der Waals surface area (Å²) in [5, 5.41) is 5.22. The molecule has 0 unspecified atom stereocenters. The van der Waals surface area contributed by atoms with Crippen LogP contribution in [0.15, 0.2) is 48.7 Å². The maximum Gasteiger partial charge on any atom is 0.317 e. The highest BCUT2D eigenvalue weighted by Gasteiger charge is 2.21. The lowest BCUT2D eigenvalue weighted by molar-refractivity contribution is -0.115. The summed E-state index contributed by atoms with van der Waals surface area (Å²) in [5.41, 5.74) is 0.932. The first-order chi connectivity index (χ1) is 12.6. The number of amides is 3. The Labute approximate surface area is 150 Å². The van der Waals surface area contributed by atoms with Crippen molar-refractivity contribution < 1.29 is 14.0 Å². The smallest absolute Gasteiger partial charge is 0.317 e. The van der Waals surface area contributed by atoms with E-state index >= 15 is 0 Å². The number of urea groups is 1. The van der Waals surface area contributed by atoms with Crippen LogP contribution in [0.4, 0.5) is 20.7 Å². The van der Waals surface area contributed by atoms with Crippen LogP contribution < -0.4 is 15.5 Å². The lowest BCUT2D eigenvalue weighted by Gasteiger charge is -2.36. The maximum atomic E-state index is 13.0. The molecule has 0 aliphatic carbocycles. The van der Waals surface area contributed by atoms with Gasteiger partial charge in [-0.15, -0.1) is 0 Å². The fourth-order valence-corrected chi connectivity index (χ4v) is 2.71. The molecule has 3 rings (SSSR count). The van der Waals surface area contributed by atoms with Crippen LogP contribution in [0.2, 0.25) is 0 Å². The van der Waals surface area contributed by atoms with Crippen molar-refractivity contribution >= 4 is 23.4 Å². The second-order valence-corrected chi connectivity index (χ2v) is 5.87. The van der Waals surface area contributed by atoms with Crippen LogP contribution in [0.5, 0.6) is 0 Å². The molecule has 2 heterocycles. The number of pyridine rings is 1. The molecule has 1 saturated heterocycles. The Bertz CT molecular complexity index is 746. The van der Waals surface area contributed by atoms with Gasteiger partial charge >= 0.3 is 6.03 Å². The summed E-state index contributed by atoms with van der Waals surface area (Å²) in [4.78, 5) is 31.8. The number of anilines is 2. The fourth-order valence-electron chi connectivity index (χ4n) is 2.71. The molecule has 2 N–H and O–H groups in total. The second-order valence-electron chi connectivity index (χ2n) is 5.87. The monoisotopic (exact) mass is 357 g/mol. The van der Waals surface area contributed by atoms with Gasteiger partial charge in [0.15, 0.2) is 0 Å². The van der Waals surface area contributed by atoms with Gasteiger partial charge in [0, 0.05) is 38.1 Å². The normalized spacial score (nSPS) is 14.0. The van der Waals surface area contributed by atoms with E-state index in [1.807, 2.05) is 0 Å². The zero-order valence-electron chi connectivity index (χ0n) is 14.2. The van der Waals surface area contributed by atoms with Crippen LogP contribution in [-0.4, -0.2) is 54.5 Å². The fraction of sp³-hybridized carbons (Fsp3) is 0.278. The molecule has 0 spiro atoms. The van der Waals surface area contributed by atoms with Gasteiger partial charge in [-0.05, 0) is 36.4 Å². The molecule has 1 aliphatic rings. The van der Waals surface area contributed by atoms with E-state index in [1.54, 1.807) is 41.4 Å². The average molecular weight is 357 g/mol. The van der Waals surface area contributed by atoms with Gasteiger partial charge < -0.3 is 20.4 Å². The number of aromatic nitrogens is 1. The van der Waals surface area contributed by atoms with E-state index in [-0.39, 0.29) is 24.3 Å². The van der Waals surface area contributed by atoms with Crippen molar-refractivity contribution in [1.29, 1.82) is 0 Å². The van der Waals surface area contributed by atoms with E-state index in [2.05, 4.69) is 20.5 Å². The van der Waals surface area contributed by atoms with Crippen molar-refractivity contribution in [2.45, 2.75) is 0 Å². The highest BCUT2D eigenvalue weighted by molar-refractivity contribution is 5.93. The minimum atomic E-state index is -0.331. The molecule has 136 valence electrons. The first kappa shape index (κ1) is 17.7. The van der Waals surface area contributed by atoms with Crippen LogP contribution in [0, 0.1) is 5.82 Å². The molecule has 26 heavy (non-hydrogen) atoms. The molecule has 1 aromatic heterocycles. The summed E-state index contributed by atoms with van der Waals surface area (Å²) >= 11 is 0. The van der Waals surface area contributed by atoms with Crippen molar-refractivity contribution in [1.82, 2.24) is 15.2 Å². The number of carbonyl (C=O) groups excluding carboxylic acids is 2. The highest BCUT2D eigenvalue weighted by atomic mass is 19.1. The molecule has 1 fully saturated rings. The van der Waals surface area contributed by atoms with Gasteiger partial charge in [-0.25, -0.2) is 14.2 Å². The molecule has 8 heteroatoms. The van der Waals surface area contributed by atoms with Gasteiger partial charge in [0.1, 0.15) is 11.6 Å². The predicted molar refractivity (Wildman–Crippen MR) is 96.5 cm³/mol. The number of hydrogen-bond donors (Lipinski definition) is 2. The number of halogens is 1. The van der Waals surface area contributed by atoms with Gasteiger partial charge in [0.2, 0.25) is 5.91 Å². The van der Waals surface area contributed by atoms with Gasteiger partial charge in [0.25, 0.3) is 0 Å². The first-order valence-electron chi connectivity index (χ1n) is 8.36. The van der Waals surface area contributed by atoms with E-state index in [0.29, 0.717) is 32.0 Å². The zero-order valence-corrected chi connectivity index (χ0v) is 14.2. The van der Waals surface area contributed by atoms with Gasteiger partial charge in [-0.3, -0.25) is 4.79 Å². The number of nitrogens with zero attached hydrogens (tertiary/aromatic N) is 3. The van der Waals surface area contributed by atoms with E-state index in [0.717, 1.165) is 5.69 Å². The van der Waals surface area contributed by atoms with Crippen molar-refractivity contribution in [2.24, 2.45) is 0 Å². The molecule has 0 atom stereocenters. The first-order valence-corrected chi connectivity index (χ1v) is 8.36. The van der Waals surface area contributed by atoms with Crippen LogP contribution in [0.3, 0.4) is 0 Å². The average Bonchev–Trinajstić information content (AvgIpc) is 2.68. The summed E-state index contributed by atoms with van der Waals surface area (Å²) in [6, 6.07) is 11.2. The molecule has 1 aliphatic heterocycles. The van der Waals surface area contributed by atoms with Crippen molar-refractivity contribution in [3.63, 3.8) is 0 Å². The molecule has 3 amide bonds. The van der Waals surface area contributed by atoms with E-state index in [1.165, 1.54) is 12.1 Å². The molecule has 0 saturated carbocycles. The summed E-state index contributed by atoms with van der Waals surface area (Å²) in [6.45, 7) is 2.25. The zero-order chi connectivity index (χ0) is 18.4. The van der Waals surface area contributed by atoms with Crippen molar-refractivity contribution in [2.75, 3.05) is 42.9 Å². The Morgan fingerprint density at radius 2 is 1.77 bits per heavy atom. The van der Waals surface area contributed by atoms with E-state index < -0.39 is 0 Å². The maximum absolute atomic E-state index is 13.0. The van der Waals surface area contributed by atoms with E-state index in [4.69, 9.17) is 0 Å². The van der Waals surface area contributed by atoms with Crippen molar-refractivity contribution in [3.05, 3.63) is 54.5 Å². The quantitative estimate of drug-likeness (QED) is 0.873. The number of nitrogens with one attached hydrogen (secondary N) is 2. The number of hydrogen-bond acceptors (Lipinski definition) is 4. The summed E-state index contributed by atoms with van der Waals surface area (Å²) in [7, 11) is 0. The largest absolute Gasteiger partial charge is 0.368 e. The Hall–Kier alpha value is -3.16. The molecule has 7 nitrogen and oxygen atoms in total. The molecule has 1 aromatic carbocycles. The number of piperazine rings is 1. The molecular formula is C18H20FN5O2. The minimum Gasteiger partial charge on any atom is -0.368 e. The Morgan fingerprint density at radius 1 is 1.04 bits per heavy atom. The highest BCUT2D eigenvalue weighted by Crippen LogP contribution is 2.16. The van der Waals surface area contributed by atoms with Gasteiger partial charge in [-0.2, -0.15) is 0 Å². The topological polar surface area (TPSA) is 77.6 Å². The number of rotatable bonds is 4. The Morgan fingerprint density at radius 3 is 2.42 bits per heavy atom. The number of benzene rings is 1. The van der Waals surface area contributed by atoms with Crippen LogP contribution in [-0.2, 0) is 4.79 Å². The van der Waals surface area contributed by atoms with Crippen LogP contribution in [0.25, 0.3) is 0 Å². The SMILES string of the molecule is O=C(CNC(=O)N1CCN(c2ccc(F)cc2)CC1)Nc1ccccn1. The molecule has 2 aromatic rings. The summed E-state index contributed by atoms with van der Waals surface area (Å²) in [5.74, 6) is -0.155. The molecular weight excluding hydrogens is 337 g/mol. The predicted octanol–water partition coefficient (Wildman–Crippen LogP) is 1.69. The van der Waals surface area contributed by atoms with Gasteiger partial charge in [-0.1, -0.05) is 6.07 Å². The lowest BCUT2D eigenvalue weighted by atomic mass is 10.2. The summed E-state index contributed by atoms with van der Waals surface area (Å²) < 4.78 is 13.0. The van der Waals surface area contributed by atoms with Crippen LogP contribution >= 0.6 is 0 Å². The summed E-state index contributed by atoms with van der Waals surface area (Å²) in [6.07, 6.45) is 1.58. The van der Waals surface area contributed by atoms with Crippen LogP contribution in [0.1, 0.15) is 0 Å². The third kappa shape index (κ3) is 4.69. The standard InChI is InChI=1S/C18H20FN5O2/c19-14-4-6-15(7-5-14)23-9-11-24(12-10-23)18(26)21-13-17(25)22-16-3-1-2-8-20-16/h1-8H,9-13H2,(H,21,26)(H,20,22,25). The van der Waals surface area contributed by atoms with E-state index in [9.17, 15) is 14.0 Å². The number of carbonyl (C=O) groups is 2. The molecule has 0 bridgehead atoms. The van der Waals surface area contributed by atoms with Crippen molar-refractivity contribution in [3.8, 4) is 0 Å². The van der Waals surface area contributed by atoms with Gasteiger partial charge in [0.05, 0.1) is 6.54 Å². The third-order valence-electron chi connectivity index (χ3n) is 4.09.